The summed E-state index contributed by atoms with van der Waals surface area (Å²) in [6.45, 7) is 5.88. The Hall–Kier alpha value is -4.83. The van der Waals surface area contributed by atoms with E-state index in [9.17, 15) is 18.0 Å². The van der Waals surface area contributed by atoms with Crippen molar-refractivity contribution in [3.8, 4) is 11.5 Å². The molecule has 0 aliphatic rings. The third kappa shape index (κ3) is 9.16. The maximum Gasteiger partial charge on any atom is 0.264 e. The van der Waals surface area contributed by atoms with Crippen LogP contribution in [-0.2, 0) is 32.6 Å². The highest BCUT2D eigenvalue weighted by molar-refractivity contribution is 7.92. The monoisotopic (exact) mass is 671 g/mol. The molecular formula is C38H45N3O6S. The maximum atomic E-state index is 14.7. The number of aryl methyl sites for hydroxylation is 2. The zero-order valence-electron chi connectivity index (χ0n) is 28.3. The summed E-state index contributed by atoms with van der Waals surface area (Å²) in [6, 6.07) is 27.5. The fourth-order valence-corrected chi connectivity index (χ4v) is 6.70. The Morgan fingerprint density at radius 3 is 2.02 bits per heavy atom. The minimum Gasteiger partial charge on any atom is -0.493 e. The SMILES string of the molecule is CCCCNC(=O)[C@H](Cc1ccccc1)N(Cc1ccc(C)cc1)C(=O)CN(c1ccc(OC)c(OC)c1)S(=O)(=O)c1ccc(C)cc1. The summed E-state index contributed by atoms with van der Waals surface area (Å²) in [5.41, 5.74) is 3.85. The smallest absolute Gasteiger partial charge is 0.264 e. The molecule has 0 saturated carbocycles. The largest absolute Gasteiger partial charge is 0.493 e. The van der Waals surface area contributed by atoms with Gasteiger partial charge in [0.05, 0.1) is 24.8 Å². The Kier molecular flexibility index (Phi) is 12.6. The molecule has 9 nitrogen and oxygen atoms in total. The topological polar surface area (TPSA) is 105 Å². The second-order valence-corrected chi connectivity index (χ2v) is 13.6. The third-order valence-corrected chi connectivity index (χ3v) is 9.91. The van der Waals surface area contributed by atoms with E-state index in [0.29, 0.717) is 18.0 Å². The highest BCUT2D eigenvalue weighted by Crippen LogP contribution is 2.34. The van der Waals surface area contributed by atoms with Gasteiger partial charge in [-0.3, -0.25) is 13.9 Å². The molecule has 0 spiro atoms. The van der Waals surface area contributed by atoms with E-state index in [2.05, 4.69) is 5.32 Å². The van der Waals surface area contributed by atoms with Crippen molar-refractivity contribution in [1.29, 1.82) is 0 Å². The van der Waals surface area contributed by atoms with E-state index in [1.54, 1.807) is 24.3 Å². The van der Waals surface area contributed by atoms with Crippen LogP contribution in [0.2, 0.25) is 0 Å². The lowest BCUT2D eigenvalue weighted by molar-refractivity contribution is -0.140. The Labute approximate surface area is 284 Å². The van der Waals surface area contributed by atoms with Crippen LogP contribution in [0.3, 0.4) is 0 Å². The highest BCUT2D eigenvalue weighted by atomic mass is 32.2. The number of methoxy groups -OCH3 is 2. The molecule has 254 valence electrons. The molecule has 0 saturated heterocycles. The second kappa shape index (κ2) is 16.8. The molecule has 0 aromatic heterocycles. The van der Waals surface area contributed by atoms with Crippen molar-refractivity contribution in [3.05, 3.63) is 119 Å². The number of nitrogens with zero attached hydrogens (tertiary/aromatic N) is 2. The van der Waals surface area contributed by atoms with E-state index < -0.39 is 28.5 Å². The summed E-state index contributed by atoms with van der Waals surface area (Å²) in [5.74, 6) is -0.118. The van der Waals surface area contributed by atoms with Gasteiger partial charge in [-0.05, 0) is 55.7 Å². The number of amides is 2. The van der Waals surface area contributed by atoms with E-state index >= 15 is 0 Å². The summed E-state index contributed by atoms with van der Waals surface area (Å²) < 4.78 is 40.6. The average Bonchev–Trinajstić information content (AvgIpc) is 3.09. The van der Waals surface area contributed by atoms with Gasteiger partial charge >= 0.3 is 0 Å². The van der Waals surface area contributed by atoms with Crippen LogP contribution >= 0.6 is 0 Å². The number of nitrogens with one attached hydrogen (secondary N) is 1. The number of unbranched alkanes of at least 4 members (excludes halogenated alkanes) is 1. The quantitative estimate of drug-likeness (QED) is 0.145. The van der Waals surface area contributed by atoms with Gasteiger partial charge in [-0.2, -0.15) is 0 Å². The lowest BCUT2D eigenvalue weighted by atomic mass is 10.0. The van der Waals surface area contributed by atoms with Crippen molar-refractivity contribution in [3.63, 3.8) is 0 Å². The van der Waals surface area contributed by atoms with Gasteiger partial charge in [-0.15, -0.1) is 0 Å². The van der Waals surface area contributed by atoms with Gasteiger partial charge < -0.3 is 19.7 Å². The van der Waals surface area contributed by atoms with Crippen molar-refractivity contribution < 1.29 is 27.5 Å². The van der Waals surface area contributed by atoms with Crippen molar-refractivity contribution in [2.75, 3.05) is 31.6 Å². The Bertz CT molecular complexity index is 1760. The zero-order valence-corrected chi connectivity index (χ0v) is 29.1. The molecular weight excluding hydrogens is 627 g/mol. The average molecular weight is 672 g/mol. The predicted molar refractivity (Wildman–Crippen MR) is 189 cm³/mol. The maximum absolute atomic E-state index is 14.7. The Morgan fingerprint density at radius 1 is 0.792 bits per heavy atom. The molecule has 0 unspecified atom stereocenters. The second-order valence-electron chi connectivity index (χ2n) is 11.7. The zero-order chi connectivity index (χ0) is 34.7. The molecule has 10 heteroatoms. The molecule has 1 N–H and O–H groups in total. The van der Waals surface area contributed by atoms with E-state index in [1.165, 1.54) is 37.3 Å². The summed E-state index contributed by atoms with van der Waals surface area (Å²) in [6.07, 6.45) is 1.93. The molecule has 2 amide bonds. The molecule has 0 aliphatic heterocycles. The van der Waals surface area contributed by atoms with Crippen LogP contribution in [0.15, 0.2) is 102 Å². The third-order valence-electron chi connectivity index (χ3n) is 8.12. The van der Waals surface area contributed by atoms with Gasteiger partial charge in [-0.25, -0.2) is 8.42 Å². The van der Waals surface area contributed by atoms with Crippen LogP contribution < -0.4 is 19.1 Å². The number of carbonyl (C=O) groups excluding carboxylic acids is 2. The Morgan fingerprint density at radius 2 is 1.42 bits per heavy atom. The molecule has 0 heterocycles. The first-order valence-corrected chi connectivity index (χ1v) is 17.5. The van der Waals surface area contributed by atoms with Gasteiger partial charge in [-0.1, -0.05) is 91.2 Å². The van der Waals surface area contributed by atoms with E-state index in [-0.39, 0.29) is 29.5 Å². The minimum atomic E-state index is -4.26. The summed E-state index contributed by atoms with van der Waals surface area (Å²) >= 11 is 0. The lowest BCUT2D eigenvalue weighted by Crippen LogP contribution is -2.53. The van der Waals surface area contributed by atoms with Crippen molar-refractivity contribution >= 4 is 27.5 Å². The first-order valence-electron chi connectivity index (χ1n) is 16.1. The number of anilines is 1. The summed E-state index contributed by atoms with van der Waals surface area (Å²) in [5, 5.41) is 3.01. The van der Waals surface area contributed by atoms with Crippen molar-refractivity contribution in [2.24, 2.45) is 0 Å². The minimum absolute atomic E-state index is 0.0268. The fraction of sp³-hybridized carbons (Fsp3) is 0.316. The van der Waals surface area contributed by atoms with Crippen LogP contribution in [0.4, 0.5) is 5.69 Å². The molecule has 0 aliphatic carbocycles. The highest BCUT2D eigenvalue weighted by Gasteiger charge is 2.35. The van der Waals surface area contributed by atoms with Gasteiger partial charge in [0.1, 0.15) is 12.6 Å². The van der Waals surface area contributed by atoms with Crippen LogP contribution in [-0.4, -0.2) is 58.5 Å². The van der Waals surface area contributed by atoms with Crippen molar-refractivity contribution in [1.82, 2.24) is 10.2 Å². The molecule has 4 aromatic carbocycles. The van der Waals surface area contributed by atoms with Gasteiger partial charge in [0.25, 0.3) is 10.0 Å². The number of carbonyl (C=O) groups is 2. The molecule has 0 bridgehead atoms. The van der Waals surface area contributed by atoms with Gasteiger partial charge in [0.2, 0.25) is 11.8 Å². The summed E-state index contributed by atoms with van der Waals surface area (Å²) in [7, 11) is -1.31. The lowest BCUT2D eigenvalue weighted by Gasteiger charge is -2.34. The Balaban J connectivity index is 1.82. The number of sulfonamides is 1. The molecule has 0 fully saturated rings. The fourth-order valence-electron chi connectivity index (χ4n) is 5.30. The summed E-state index contributed by atoms with van der Waals surface area (Å²) in [4.78, 5) is 30.1. The number of benzene rings is 4. The normalized spacial score (nSPS) is 11.8. The van der Waals surface area contributed by atoms with Crippen molar-refractivity contribution in [2.45, 2.75) is 57.5 Å². The molecule has 4 rings (SSSR count). The van der Waals surface area contributed by atoms with Crippen LogP contribution in [0.5, 0.6) is 11.5 Å². The number of hydrogen-bond acceptors (Lipinski definition) is 6. The van der Waals surface area contributed by atoms with E-state index in [0.717, 1.165) is 39.4 Å². The first kappa shape index (κ1) is 36.0. The number of rotatable bonds is 16. The van der Waals surface area contributed by atoms with Gasteiger partial charge in [0, 0.05) is 25.6 Å². The van der Waals surface area contributed by atoms with Crippen LogP contribution in [0, 0.1) is 13.8 Å². The predicted octanol–water partition coefficient (Wildman–Crippen LogP) is 6.07. The standard InChI is InChI=1S/C38H45N3O6S/c1-6-7-23-39-38(43)34(24-30-11-9-8-10-12-30)40(26-31-17-13-28(2)14-18-31)37(42)27-41(32-19-22-35(46-4)36(25-32)47-5)48(44,45)33-20-15-29(3)16-21-33/h8-22,25,34H,6-7,23-24,26-27H2,1-5H3,(H,39,43)/t34-/m0/s1. The molecule has 48 heavy (non-hydrogen) atoms. The van der Waals surface area contributed by atoms with Crippen LogP contribution in [0.25, 0.3) is 0 Å². The molecule has 4 aromatic rings. The number of ether oxygens (including phenoxy) is 2. The molecule has 1 atom stereocenters. The van der Waals surface area contributed by atoms with E-state index in [4.69, 9.17) is 9.47 Å². The number of hydrogen-bond donors (Lipinski definition) is 1. The van der Waals surface area contributed by atoms with E-state index in [1.807, 2.05) is 75.4 Å². The van der Waals surface area contributed by atoms with Gasteiger partial charge in [0.15, 0.2) is 11.5 Å². The first-order chi connectivity index (χ1) is 23.1. The van der Waals surface area contributed by atoms with Crippen LogP contribution in [0.1, 0.15) is 42.0 Å². The molecule has 0 radical (unpaired) electrons.